The van der Waals surface area contributed by atoms with Crippen molar-refractivity contribution in [3.05, 3.63) is 84.9 Å². The van der Waals surface area contributed by atoms with Gasteiger partial charge in [-0.1, -0.05) is 60.7 Å². The van der Waals surface area contributed by atoms with E-state index >= 15 is 0 Å². The predicted molar refractivity (Wildman–Crippen MR) is 99.4 cm³/mol. The van der Waals surface area contributed by atoms with Crippen molar-refractivity contribution >= 4 is 0 Å². The van der Waals surface area contributed by atoms with Gasteiger partial charge in [0.25, 0.3) is 0 Å². The summed E-state index contributed by atoms with van der Waals surface area (Å²) < 4.78 is 11.4. The first-order valence-corrected chi connectivity index (χ1v) is 8.11. The molecule has 1 aromatic heterocycles. The highest BCUT2D eigenvalue weighted by Gasteiger charge is 2.17. The van der Waals surface area contributed by atoms with E-state index in [9.17, 15) is 0 Å². The van der Waals surface area contributed by atoms with E-state index in [0.29, 0.717) is 5.89 Å². The lowest BCUT2D eigenvalue weighted by Gasteiger charge is -2.01. The summed E-state index contributed by atoms with van der Waals surface area (Å²) in [4.78, 5) is 4.78. The van der Waals surface area contributed by atoms with Gasteiger partial charge in [0.05, 0.1) is 7.11 Å². The number of oxazole rings is 1. The molecule has 0 saturated carbocycles. The van der Waals surface area contributed by atoms with Crippen LogP contribution in [0.25, 0.3) is 34.0 Å². The second-order valence-electron chi connectivity index (χ2n) is 5.66. The van der Waals surface area contributed by atoms with E-state index in [4.69, 9.17) is 14.1 Å². The Bertz CT molecular complexity index is 901. The first-order valence-electron chi connectivity index (χ1n) is 8.11. The third-order valence-corrected chi connectivity index (χ3v) is 4.05. The van der Waals surface area contributed by atoms with E-state index < -0.39 is 0 Å². The number of methoxy groups -OCH3 is 1. The molecule has 4 rings (SSSR count). The number of benzene rings is 3. The number of hydrogen-bond acceptors (Lipinski definition) is 3. The summed E-state index contributed by atoms with van der Waals surface area (Å²) in [6.07, 6.45) is 0. The van der Waals surface area contributed by atoms with E-state index in [1.807, 2.05) is 84.9 Å². The third kappa shape index (κ3) is 3.04. The molecular weight excluding hydrogens is 310 g/mol. The Morgan fingerprint density at radius 2 is 1.28 bits per heavy atom. The first-order chi connectivity index (χ1) is 12.3. The van der Waals surface area contributed by atoms with E-state index in [0.717, 1.165) is 33.9 Å². The molecule has 0 unspecified atom stereocenters. The predicted octanol–water partition coefficient (Wildman–Crippen LogP) is 5.68. The van der Waals surface area contributed by atoms with Gasteiger partial charge in [-0.05, 0) is 24.3 Å². The highest BCUT2D eigenvalue weighted by molar-refractivity contribution is 5.79. The molecule has 122 valence electrons. The number of nitrogens with zero attached hydrogens (tertiary/aromatic N) is 1. The Morgan fingerprint density at radius 3 is 1.88 bits per heavy atom. The Labute approximate surface area is 146 Å². The van der Waals surface area contributed by atoms with Crippen LogP contribution in [-0.4, -0.2) is 12.1 Å². The van der Waals surface area contributed by atoms with Crippen molar-refractivity contribution in [2.45, 2.75) is 0 Å². The Kier molecular flexibility index (Phi) is 4.05. The average Bonchev–Trinajstić information content (AvgIpc) is 3.15. The van der Waals surface area contributed by atoms with Crippen molar-refractivity contribution < 1.29 is 9.15 Å². The van der Waals surface area contributed by atoms with Gasteiger partial charge < -0.3 is 9.15 Å². The summed E-state index contributed by atoms with van der Waals surface area (Å²) in [6, 6.07) is 27.9. The van der Waals surface area contributed by atoms with Crippen LogP contribution in [0.5, 0.6) is 5.75 Å². The van der Waals surface area contributed by atoms with E-state index in [1.54, 1.807) is 7.11 Å². The minimum atomic E-state index is 0.598. The van der Waals surface area contributed by atoms with E-state index in [-0.39, 0.29) is 0 Å². The Morgan fingerprint density at radius 1 is 0.680 bits per heavy atom. The zero-order valence-electron chi connectivity index (χ0n) is 13.8. The van der Waals surface area contributed by atoms with Gasteiger partial charge in [0.15, 0.2) is 5.76 Å². The van der Waals surface area contributed by atoms with Gasteiger partial charge in [-0.15, -0.1) is 0 Å². The quantitative estimate of drug-likeness (QED) is 0.483. The van der Waals surface area contributed by atoms with E-state index in [2.05, 4.69) is 0 Å². The number of hydrogen-bond donors (Lipinski definition) is 0. The Hall–Kier alpha value is -3.33. The highest BCUT2D eigenvalue weighted by Crippen LogP contribution is 2.36. The molecule has 3 aromatic carbocycles. The molecule has 4 aromatic rings. The molecule has 0 N–H and O–H groups in total. The van der Waals surface area contributed by atoms with Crippen LogP contribution in [0.3, 0.4) is 0 Å². The fourth-order valence-electron chi connectivity index (χ4n) is 2.75. The molecule has 0 radical (unpaired) electrons. The highest BCUT2D eigenvalue weighted by atomic mass is 16.5. The molecule has 3 heteroatoms. The summed E-state index contributed by atoms with van der Waals surface area (Å²) in [7, 11) is 1.65. The van der Waals surface area contributed by atoms with Crippen molar-refractivity contribution in [3.8, 4) is 39.8 Å². The van der Waals surface area contributed by atoms with Gasteiger partial charge in [0.2, 0.25) is 5.89 Å². The maximum absolute atomic E-state index is 6.16. The maximum atomic E-state index is 6.16. The third-order valence-electron chi connectivity index (χ3n) is 4.05. The van der Waals surface area contributed by atoms with Crippen molar-refractivity contribution in [3.63, 3.8) is 0 Å². The average molecular weight is 327 g/mol. The van der Waals surface area contributed by atoms with Crippen LogP contribution in [0.15, 0.2) is 89.3 Å². The second kappa shape index (κ2) is 6.65. The summed E-state index contributed by atoms with van der Waals surface area (Å²) >= 11 is 0. The second-order valence-corrected chi connectivity index (χ2v) is 5.66. The maximum Gasteiger partial charge on any atom is 0.227 e. The van der Waals surface area contributed by atoms with E-state index in [1.165, 1.54) is 0 Å². The lowest BCUT2D eigenvalue weighted by molar-refractivity contribution is 0.415. The summed E-state index contributed by atoms with van der Waals surface area (Å²) in [5.41, 5.74) is 3.80. The molecule has 0 aliphatic rings. The SMILES string of the molecule is COc1ccc(-c2nc(-c3ccccc3)c(-c3ccccc3)o2)cc1. The molecule has 0 amide bonds. The Balaban J connectivity index is 1.86. The van der Waals surface area contributed by atoms with Crippen LogP contribution in [0, 0.1) is 0 Å². The standard InChI is InChI=1S/C22H17NO2/c1-24-19-14-12-18(13-15-19)22-23-20(16-8-4-2-5-9-16)21(25-22)17-10-6-3-7-11-17/h2-15H,1H3. The molecule has 0 aliphatic carbocycles. The van der Waals surface area contributed by atoms with Crippen molar-refractivity contribution in [1.82, 2.24) is 4.98 Å². The van der Waals surface area contributed by atoms with Gasteiger partial charge in [-0.3, -0.25) is 0 Å². The van der Waals surface area contributed by atoms with Crippen molar-refractivity contribution in [1.29, 1.82) is 0 Å². The van der Waals surface area contributed by atoms with Gasteiger partial charge in [0, 0.05) is 16.7 Å². The fraction of sp³-hybridized carbons (Fsp3) is 0.0455. The number of rotatable bonds is 4. The molecule has 3 nitrogen and oxygen atoms in total. The molecule has 25 heavy (non-hydrogen) atoms. The van der Waals surface area contributed by atoms with Gasteiger partial charge in [-0.25, -0.2) is 4.98 Å². The number of aromatic nitrogens is 1. The van der Waals surface area contributed by atoms with Crippen LogP contribution in [-0.2, 0) is 0 Å². The smallest absolute Gasteiger partial charge is 0.227 e. The van der Waals surface area contributed by atoms with Gasteiger partial charge in [-0.2, -0.15) is 0 Å². The summed E-state index contributed by atoms with van der Waals surface area (Å²) in [5, 5.41) is 0. The molecule has 0 bridgehead atoms. The van der Waals surface area contributed by atoms with Gasteiger partial charge >= 0.3 is 0 Å². The zero-order valence-corrected chi connectivity index (χ0v) is 13.8. The van der Waals surface area contributed by atoms with Crippen LogP contribution < -0.4 is 4.74 Å². The summed E-state index contributed by atoms with van der Waals surface area (Å²) in [6.45, 7) is 0. The topological polar surface area (TPSA) is 35.3 Å². The minimum Gasteiger partial charge on any atom is -0.497 e. The monoisotopic (exact) mass is 327 g/mol. The van der Waals surface area contributed by atoms with Crippen LogP contribution >= 0.6 is 0 Å². The molecule has 0 saturated heterocycles. The summed E-state index contributed by atoms with van der Waals surface area (Å²) in [5.74, 6) is 2.18. The molecule has 0 aliphatic heterocycles. The molecule has 1 heterocycles. The molecule has 0 spiro atoms. The van der Waals surface area contributed by atoms with Gasteiger partial charge in [0.1, 0.15) is 11.4 Å². The lowest BCUT2D eigenvalue weighted by atomic mass is 10.1. The molecule has 0 fully saturated rings. The van der Waals surface area contributed by atoms with Crippen molar-refractivity contribution in [2.75, 3.05) is 7.11 Å². The largest absolute Gasteiger partial charge is 0.497 e. The molecule has 0 atom stereocenters. The lowest BCUT2D eigenvalue weighted by Crippen LogP contribution is -1.83. The minimum absolute atomic E-state index is 0.598. The van der Waals surface area contributed by atoms with Crippen LogP contribution in [0.4, 0.5) is 0 Å². The zero-order chi connectivity index (χ0) is 17.1. The first kappa shape index (κ1) is 15.2. The molecular formula is C22H17NO2. The fourth-order valence-corrected chi connectivity index (χ4v) is 2.75. The van der Waals surface area contributed by atoms with Crippen molar-refractivity contribution in [2.24, 2.45) is 0 Å². The normalized spacial score (nSPS) is 10.6. The van der Waals surface area contributed by atoms with Crippen LogP contribution in [0.2, 0.25) is 0 Å². The van der Waals surface area contributed by atoms with Crippen LogP contribution in [0.1, 0.15) is 0 Å². The number of ether oxygens (including phenoxy) is 1.